The van der Waals surface area contributed by atoms with Crippen molar-refractivity contribution in [1.82, 2.24) is 5.32 Å². The molecule has 0 aliphatic rings. The van der Waals surface area contributed by atoms with E-state index in [9.17, 15) is 19.4 Å². The maximum absolute atomic E-state index is 13.0. The van der Waals surface area contributed by atoms with Gasteiger partial charge in [0.25, 0.3) is 0 Å². The van der Waals surface area contributed by atoms with Crippen LogP contribution in [0.25, 0.3) is 0 Å². The van der Waals surface area contributed by atoms with Crippen LogP contribution in [0.2, 0.25) is 0 Å². The zero-order valence-electron chi connectivity index (χ0n) is 53.6. The second-order valence-corrected chi connectivity index (χ2v) is 26.0. The van der Waals surface area contributed by atoms with E-state index in [1.165, 1.54) is 238 Å². The molecule has 9 heteroatoms. The molecule has 0 heterocycles. The molecule has 0 aliphatic carbocycles. The highest BCUT2D eigenvalue weighted by Crippen LogP contribution is 2.43. The van der Waals surface area contributed by atoms with Crippen molar-refractivity contribution in [2.24, 2.45) is 0 Å². The van der Waals surface area contributed by atoms with Crippen molar-refractivity contribution in [3.63, 3.8) is 0 Å². The summed E-state index contributed by atoms with van der Waals surface area (Å²) in [5, 5.41) is 14.0. The summed E-state index contributed by atoms with van der Waals surface area (Å²) in [4.78, 5) is 23.4. The highest BCUT2D eigenvalue weighted by Gasteiger charge is 2.28. The molecule has 0 fully saturated rings. The number of rotatable bonds is 63. The minimum absolute atomic E-state index is 0.0555. The largest absolute Gasteiger partial charge is 0.472 e. The van der Waals surface area contributed by atoms with Crippen molar-refractivity contribution in [2.45, 2.75) is 334 Å². The summed E-state index contributed by atoms with van der Waals surface area (Å²) in [7, 11) is 1.56. The van der Waals surface area contributed by atoms with E-state index in [-0.39, 0.29) is 19.1 Å². The van der Waals surface area contributed by atoms with Gasteiger partial charge in [-0.25, -0.2) is 4.57 Å². The van der Waals surface area contributed by atoms with Gasteiger partial charge in [0.15, 0.2) is 0 Å². The Morgan fingerprint density at radius 1 is 0.438 bits per heavy atom. The summed E-state index contributed by atoms with van der Waals surface area (Å²) in [5.41, 5.74) is 0. The van der Waals surface area contributed by atoms with E-state index in [4.69, 9.17) is 9.05 Å². The average molecular weight is 1140 g/mol. The lowest BCUT2D eigenvalue weighted by molar-refractivity contribution is -0.870. The number of nitrogens with zero attached hydrogens (tertiary/aromatic N) is 1. The Bertz CT molecular complexity index is 1530. The highest BCUT2D eigenvalue weighted by atomic mass is 31.2. The molecule has 468 valence electrons. The Morgan fingerprint density at radius 3 is 1.15 bits per heavy atom. The molecule has 0 radical (unpaired) electrons. The van der Waals surface area contributed by atoms with Crippen LogP contribution in [0.1, 0.15) is 322 Å². The van der Waals surface area contributed by atoms with Gasteiger partial charge in [-0.15, -0.1) is 0 Å². The van der Waals surface area contributed by atoms with Crippen LogP contribution in [0.5, 0.6) is 0 Å². The van der Waals surface area contributed by atoms with Gasteiger partial charge in [-0.2, -0.15) is 0 Å². The van der Waals surface area contributed by atoms with Crippen molar-refractivity contribution in [3.8, 4) is 0 Å². The van der Waals surface area contributed by atoms with Crippen LogP contribution in [-0.2, 0) is 18.4 Å². The van der Waals surface area contributed by atoms with Crippen molar-refractivity contribution < 1.29 is 32.9 Å². The predicted octanol–water partition coefficient (Wildman–Crippen LogP) is 21.8. The molecule has 3 unspecified atom stereocenters. The second-order valence-electron chi connectivity index (χ2n) is 24.5. The molecule has 0 saturated heterocycles. The van der Waals surface area contributed by atoms with E-state index < -0.39 is 20.0 Å². The molecule has 0 aromatic carbocycles. The SMILES string of the molecule is CC/C=C\C/C=C\C/C=C\C/C=C\CCCCCCCCCCCCCCCCCCCCC(=O)NC(COP(=O)(O)OCC[N+](C)(C)C)C(O)/C=C/CC/C=C/CCCCCCCCCCCCCCCCCCCCCCC. The van der Waals surface area contributed by atoms with Crippen LogP contribution in [0.3, 0.4) is 0 Å². The fourth-order valence-electron chi connectivity index (χ4n) is 10.1. The van der Waals surface area contributed by atoms with E-state index in [1.54, 1.807) is 6.08 Å². The Hall–Kier alpha value is -2.06. The van der Waals surface area contributed by atoms with E-state index in [1.807, 2.05) is 27.2 Å². The molecule has 0 rings (SSSR count). The number of carbonyl (C=O) groups is 1. The summed E-state index contributed by atoms with van der Waals surface area (Å²) in [5.74, 6) is -0.183. The lowest BCUT2D eigenvalue weighted by Gasteiger charge is -2.25. The fourth-order valence-corrected chi connectivity index (χ4v) is 10.8. The lowest BCUT2D eigenvalue weighted by Crippen LogP contribution is -2.45. The van der Waals surface area contributed by atoms with Gasteiger partial charge in [0.2, 0.25) is 5.91 Å². The van der Waals surface area contributed by atoms with Gasteiger partial charge in [0.05, 0.1) is 39.9 Å². The first-order chi connectivity index (χ1) is 39.0. The first-order valence-corrected chi connectivity index (χ1v) is 35.8. The Kier molecular flexibility index (Phi) is 59.9. The number of allylic oxidation sites excluding steroid dienone is 11. The van der Waals surface area contributed by atoms with Gasteiger partial charge in [0.1, 0.15) is 13.2 Å². The number of aliphatic hydroxyl groups is 1. The van der Waals surface area contributed by atoms with Gasteiger partial charge in [0, 0.05) is 6.42 Å². The van der Waals surface area contributed by atoms with Crippen LogP contribution < -0.4 is 5.32 Å². The van der Waals surface area contributed by atoms with E-state index in [2.05, 4.69) is 79.9 Å². The third-order valence-corrected chi connectivity index (χ3v) is 16.4. The smallest absolute Gasteiger partial charge is 0.387 e. The molecule has 0 bridgehead atoms. The molecular formula is C71H134N2O6P+. The summed E-state index contributed by atoms with van der Waals surface area (Å²) in [6, 6.07) is -0.867. The molecule has 3 atom stereocenters. The molecule has 0 saturated carbocycles. The summed E-state index contributed by atoms with van der Waals surface area (Å²) in [6.07, 6.45) is 86.2. The molecule has 0 spiro atoms. The van der Waals surface area contributed by atoms with Gasteiger partial charge in [-0.05, 0) is 70.6 Å². The summed E-state index contributed by atoms with van der Waals surface area (Å²) >= 11 is 0. The monoisotopic (exact) mass is 1140 g/mol. The van der Waals surface area contributed by atoms with Crippen LogP contribution >= 0.6 is 7.82 Å². The first-order valence-electron chi connectivity index (χ1n) is 34.3. The van der Waals surface area contributed by atoms with Gasteiger partial charge in [-0.1, -0.05) is 318 Å². The lowest BCUT2D eigenvalue weighted by atomic mass is 10.0. The number of hydrogen-bond donors (Lipinski definition) is 3. The predicted molar refractivity (Wildman–Crippen MR) is 350 cm³/mol. The van der Waals surface area contributed by atoms with Crippen LogP contribution in [-0.4, -0.2) is 73.4 Å². The zero-order valence-corrected chi connectivity index (χ0v) is 54.5. The average Bonchev–Trinajstić information content (AvgIpc) is 3.42. The third kappa shape index (κ3) is 63.5. The summed E-state index contributed by atoms with van der Waals surface area (Å²) in [6.45, 7) is 4.72. The minimum atomic E-state index is -4.36. The molecule has 8 nitrogen and oxygen atoms in total. The van der Waals surface area contributed by atoms with Gasteiger partial charge < -0.3 is 19.8 Å². The molecular weight excluding hydrogens is 1010 g/mol. The number of carbonyl (C=O) groups excluding carboxylic acids is 1. The minimum Gasteiger partial charge on any atom is -0.387 e. The number of nitrogens with one attached hydrogen (secondary N) is 1. The van der Waals surface area contributed by atoms with Crippen molar-refractivity contribution in [3.05, 3.63) is 72.9 Å². The van der Waals surface area contributed by atoms with Crippen LogP contribution in [0.4, 0.5) is 0 Å². The molecule has 1 amide bonds. The first kappa shape index (κ1) is 77.9. The normalized spacial score (nSPS) is 14.1. The number of phosphoric ester groups is 1. The maximum atomic E-state index is 13.0. The van der Waals surface area contributed by atoms with E-state index in [0.717, 1.165) is 64.2 Å². The second kappa shape index (κ2) is 61.5. The van der Waals surface area contributed by atoms with Crippen molar-refractivity contribution >= 4 is 13.7 Å². The zero-order chi connectivity index (χ0) is 58.4. The number of hydrogen-bond acceptors (Lipinski definition) is 5. The van der Waals surface area contributed by atoms with Gasteiger partial charge in [-0.3, -0.25) is 13.8 Å². The van der Waals surface area contributed by atoms with E-state index >= 15 is 0 Å². The maximum Gasteiger partial charge on any atom is 0.472 e. The van der Waals surface area contributed by atoms with Crippen molar-refractivity contribution in [1.29, 1.82) is 0 Å². The van der Waals surface area contributed by atoms with Crippen molar-refractivity contribution in [2.75, 3.05) is 40.9 Å². The Balaban J connectivity index is 4.10. The Morgan fingerprint density at radius 2 is 0.762 bits per heavy atom. The number of aliphatic hydroxyl groups excluding tert-OH is 1. The molecule has 0 aliphatic heterocycles. The number of quaternary nitrogens is 1. The van der Waals surface area contributed by atoms with Gasteiger partial charge >= 0.3 is 7.82 Å². The molecule has 0 aromatic rings. The van der Waals surface area contributed by atoms with Crippen LogP contribution in [0.15, 0.2) is 72.9 Å². The standard InChI is InChI=1S/C71H133N2O6P/c1-6-8-10-12-14-16-18-20-22-24-26-28-30-32-34-35-36-37-39-41-43-45-47-49-51-53-55-57-59-61-63-65-71(75)72-69(68-79-80(76,77)78-67-66-73(3,4)5)70(74)64-62-60-58-56-54-52-50-48-46-44-42-40-38-33-31-29-27-25-23-21-19-17-15-13-11-9-7-2/h8,10,14,16,20,22,26,28,54,56,62,64,69-70,74H,6-7,9,11-13,15,17-19,21,23-25,27,29-53,55,57-61,63,65-68H2,1-5H3,(H-,72,75,76,77)/p+1/b10-8-,16-14-,22-20-,28-26-,56-54+,64-62+. The number of amides is 1. The topological polar surface area (TPSA) is 105 Å². The highest BCUT2D eigenvalue weighted by molar-refractivity contribution is 7.47. The number of unbranched alkanes of at least 4 members (excludes halogenated alkanes) is 40. The molecule has 0 aromatic heterocycles. The Labute approximate surface area is 497 Å². The number of likely N-dealkylation sites (N-methyl/N-ethyl adjacent to an activating group) is 1. The fraction of sp³-hybridized carbons (Fsp3) is 0.817. The quantitative estimate of drug-likeness (QED) is 0.0243. The number of phosphoric acid groups is 1. The third-order valence-electron chi connectivity index (χ3n) is 15.4. The summed E-state index contributed by atoms with van der Waals surface area (Å²) < 4.78 is 23.8. The van der Waals surface area contributed by atoms with E-state index in [0.29, 0.717) is 17.4 Å². The molecule has 80 heavy (non-hydrogen) atoms. The van der Waals surface area contributed by atoms with Crippen LogP contribution in [0, 0.1) is 0 Å². The molecule has 3 N–H and O–H groups in total.